The predicted octanol–water partition coefficient (Wildman–Crippen LogP) is 2.70. The molecule has 1 heterocycles. The average Bonchev–Trinajstić information content (AvgIpc) is 2.41. The molecule has 0 unspecified atom stereocenters. The second-order valence-corrected chi connectivity index (χ2v) is 3.78. The molecule has 0 aliphatic rings. The van der Waals surface area contributed by atoms with Gasteiger partial charge in [0.15, 0.2) is 0 Å². The first-order valence-corrected chi connectivity index (χ1v) is 5.59. The number of nitrogens with zero attached hydrogens (tertiary/aromatic N) is 2. The third-order valence-electron chi connectivity index (χ3n) is 2.28. The fourth-order valence-corrected chi connectivity index (χ4v) is 1.48. The van der Waals surface area contributed by atoms with Gasteiger partial charge in [-0.2, -0.15) is 5.26 Å². The fraction of sp³-hybridized carbons (Fsp3) is 0.0714. The molecule has 1 N–H and O–H groups in total. The summed E-state index contributed by atoms with van der Waals surface area (Å²) in [5.41, 5.74) is 1.05. The Hall–Kier alpha value is -2.87. The Labute approximate surface area is 110 Å². The largest absolute Gasteiger partial charge is 0.438 e. The molecule has 1 amide bonds. The van der Waals surface area contributed by atoms with Crippen LogP contribution in [0.4, 0.5) is 5.69 Å². The van der Waals surface area contributed by atoms with Crippen LogP contribution in [0.1, 0.15) is 12.5 Å². The summed E-state index contributed by atoms with van der Waals surface area (Å²) in [6.45, 7) is 1.44. The molecule has 2 rings (SSSR count). The van der Waals surface area contributed by atoms with Crippen molar-refractivity contribution in [3.05, 3.63) is 48.2 Å². The highest BCUT2D eigenvalue weighted by Gasteiger charge is 2.05. The Kier molecular flexibility index (Phi) is 3.74. The lowest BCUT2D eigenvalue weighted by Crippen LogP contribution is -2.05. The van der Waals surface area contributed by atoms with Crippen molar-refractivity contribution in [1.82, 2.24) is 4.98 Å². The van der Waals surface area contributed by atoms with Crippen LogP contribution >= 0.6 is 0 Å². The van der Waals surface area contributed by atoms with E-state index in [2.05, 4.69) is 10.3 Å². The van der Waals surface area contributed by atoms with Crippen molar-refractivity contribution in [2.45, 2.75) is 6.92 Å². The van der Waals surface area contributed by atoms with Gasteiger partial charge in [0.2, 0.25) is 11.8 Å². The first-order chi connectivity index (χ1) is 9.19. The van der Waals surface area contributed by atoms with E-state index in [0.717, 1.165) is 0 Å². The minimum Gasteiger partial charge on any atom is -0.438 e. The van der Waals surface area contributed by atoms with E-state index in [1.807, 2.05) is 6.07 Å². The molecule has 0 atom stereocenters. The smallest absolute Gasteiger partial charge is 0.237 e. The average molecular weight is 253 g/mol. The topological polar surface area (TPSA) is 75.0 Å². The SMILES string of the molecule is CC(=O)Nc1ccc(Oc2ncccc2C#N)cc1. The molecule has 0 radical (unpaired) electrons. The van der Waals surface area contributed by atoms with Gasteiger partial charge in [0.25, 0.3) is 0 Å². The Morgan fingerprint density at radius 2 is 2.05 bits per heavy atom. The van der Waals surface area contributed by atoms with E-state index in [-0.39, 0.29) is 11.8 Å². The monoisotopic (exact) mass is 253 g/mol. The number of rotatable bonds is 3. The maximum absolute atomic E-state index is 10.9. The summed E-state index contributed by atoms with van der Waals surface area (Å²) >= 11 is 0. The fourth-order valence-electron chi connectivity index (χ4n) is 1.48. The van der Waals surface area contributed by atoms with E-state index < -0.39 is 0 Å². The summed E-state index contributed by atoms with van der Waals surface area (Å²) in [6.07, 6.45) is 1.56. The summed E-state index contributed by atoms with van der Waals surface area (Å²) in [4.78, 5) is 14.9. The minimum absolute atomic E-state index is 0.134. The second-order valence-electron chi connectivity index (χ2n) is 3.78. The highest BCUT2D eigenvalue weighted by Crippen LogP contribution is 2.23. The molecule has 2 aromatic rings. The van der Waals surface area contributed by atoms with Gasteiger partial charge in [0.1, 0.15) is 17.4 Å². The van der Waals surface area contributed by atoms with E-state index in [4.69, 9.17) is 10.00 Å². The van der Waals surface area contributed by atoms with E-state index in [9.17, 15) is 4.79 Å². The number of nitrogens with one attached hydrogen (secondary N) is 1. The molecule has 94 valence electrons. The first-order valence-electron chi connectivity index (χ1n) is 5.59. The number of ether oxygens (including phenoxy) is 1. The maximum Gasteiger partial charge on any atom is 0.237 e. The Bertz CT molecular complexity index is 630. The van der Waals surface area contributed by atoms with Gasteiger partial charge in [-0.1, -0.05) is 0 Å². The maximum atomic E-state index is 10.9. The van der Waals surface area contributed by atoms with Crippen molar-refractivity contribution >= 4 is 11.6 Å². The number of nitriles is 1. The lowest BCUT2D eigenvalue weighted by atomic mass is 10.3. The zero-order valence-electron chi connectivity index (χ0n) is 10.3. The van der Waals surface area contributed by atoms with Crippen LogP contribution in [-0.4, -0.2) is 10.9 Å². The van der Waals surface area contributed by atoms with Crippen LogP contribution in [0, 0.1) is 11.3 Å². The molecule has 1 aromatic carbocycles. The summed E-state index contributed by atoms with van der Waals surface area (Å²) in [5.74, 6) is 0.673. The van der Waals surface area contributed by atoms with E-state index >= 15 is 0 Å². The minimum atomic E-state index is -0.134. The number of anilines is 1. The van der Waals surface area contributed by atoms with Gasteiger partial charge in [-0.3, -0.25) is 4.79 Å². The van der Waals surface area contributed by atoms with Gasteiger partial charge >= 0.3 is 0 Å². The number of hydrogen-bond donors (Lipinski definition) is 1. The van der Waals surface area contributed by atoms with Crippen LogP contribution in [0.15, 0.2) is 42.6 Å². The van der Waals surface area contributed by atoms with Crippen LogP contribution < -0.4 is 10.1 Å². The molecule has 5 heteroatoms. The van der Waals surface area contributed by atoms with Crippen LogP contribution in [0.5, 0.6) is 11.6 Å². The molecule has 0 bridgehead atoms. The van der Waals surface area contributed by atoms with Crippen LogP contribution in [0.2, 0.25) is 0 Å². The zero-order valence-corrected chi connectivity index (χ0v) is 10.3. The van der Waals surface area contributed by atoms with Crippen molar-refractivity contribution in [3.8, 4) is 17.7 Å². The number of hydrogen-bond acceptors (Lipinski definition) is 4. The number of amides is 1. The van der Waals surface area contributed by atoms with E-state index in [0.29, 0.717) is 17.0 Å². The first kappa shape index (κ1) is 12.6. The number of carbonyl (C=O) groups excluding carboxylic acids is 1. The van der Waals surface area contributed by atoms with Gasteiger partial charge in [-0.15, -0.1) is 0 Å². The van der Waals surface area contributed by atoms with Gasteiger partial charge in [-0.25, -0.2) is 4.98 Å². The third kappa shape index (κ3) is 3.30. The summed E-state index contributed by atoms with van der Waals surface area (Å²) in [5, 5.41) is 11.6. The summed E-state index contributed by atoms with van der Waals surface area (Å²) in [7, 11) is 0. The number of carbonyl (C=O) groups is 1. The van der Waals surface area contributed by atoms with Crippen molar-refractivity contribution < 1.29 is 9.53 Å². The Morgan fingerprint density at radius 1 is 1.32 bits per heavy atom. The van der Waals surface area contributed by atoms with Crippen LogP contribution in [0.3, 0.4) is 0 Å². The molecule has 0 aliphatic heterocycles. The van der Waals surface area contributed by atoms with Gasteiger partial charge < -0.3 is 10.1 Å². The Balaban J connectivity index is 2.16. The van der Waals surface area contributed by atoms with Crippen LogP contribution in [0.25, 0.3) is 0 Å². The lowest BCUT2D eigenvalue weighted by molar-refractivity contribution is -0.114. The van der Waals surface area contributed by atoms with E-state index in [1.165, 1.54) is 6.92 Å². The van der Waals surface area contributed by atoms with Crippen molar-refractivity contribution in [2.75, 3.05) is 5.32 Å². The highest BCUT2D eigenvalue weighted by atomic mass is 16.5. The standard InChI is InChI=1S/C14H11N3O2/c1-10(18)17-12-4-6-13(7-5-12)19-14-11(9-15)3-2-8-16-14/h2-8H,1H3,(H,17,18). The Morgan fingerprint density at radius 3 is 2.68 bits per heavy atom. The van der Waals surface area contributed by atoms with E-state index in [1.54, 1.807) is 42.6 Å². The normalized spacial score (nSPS) is 9.47. The van der Waals surface area contributed by atoms with Gasteiger partial charge in [0, 0.05) is 18.8 Å². The van der Waals surface area contributed by atoms with Crippen molar-refractivity contribution in [1.29, 1.82) is 5.26 Å². The quantitative estimate of drug-likeness (QED) is 0.912. The second kappa shape index (κ2) is 5.65. The molecule has 0 fully saturated rings. The summed E-state index contributed by atoms with van der Waals surface area (Å²) in [6, 6.07) is 12.1. The molecule has 0 saturated carbocycles. The van der Waals surface area contributed by atoms with Crippen molar-refractivity contribution in [3.63, 3.8) is 0 Å². The van der Waals surface area contributed by atoms with Crippen molar-refractivity contribution in [2.24, 2.45) is 0 Å². The van der Waals surface area contributed by atoms with Gasteiger partial charge in [-0.05, 0) is 36.4 Å². The molecule has 1 aromatic heterocycles. The third-order valence-corrected chi connectivity index (χ3v) is 2.28. The zero-order chi connectivity index (χ0) is 13.7. The number of benzene rings is 1. The number of aromatic nitrogens is 1. The predicted molar refractivity (Wildman–Crippen MR) is 69.8 cm³/mol. The molecular formula is C14H11N3O2. The number of pyridine rings is 1. The molecule has 19 heavy (non-hydrogen) atoms. The van der Waals surface area contributed by atoms with Gasteiger partial charge in [0.05, 0.1) is 0 Å². The molecule has 0 saturated heterocycles. The molecular weight excluding hydrogens is 242 g/mol. The molecule has 5 nitrogen and oxygen atoms in total. The lowest BCUT2D eigenvalue weighted by Gasteiger charge is -2.07. The molecule has 0 spiro atoms. The molecule has 0 aliphatic carbocycles. The highest BCUT2D eigenvalue weighted by molar-refractivity contribution is 5.88. The van der Waals surface area contributed by atoms with Crippen LogP contribution in [-0.2, 0) is 4.79 Å². The summed E-state index contributed by atoms with van der Waals surface area (Å²) < 4.78 is 5.51.